The van der Waals surface area contributed by atoms with Crippen LogP contribution in [0, 0.1) is 0 Å². The number of fused-ring (bicyclic) bond motifs is 1. The summed E-state index contributed by atoms with van der Waals surface area (Å²) in [6.45, 7) is 0.490. The molecule has 160 valence electrons. The molecule has 30 heavy (non-hydrogen) atoms. The number of alkyl halides is 2. The Bertz CT molecular complexity index is 957. The molecule has 0 aliphatic rings. The fourth-order valence-electron chi connectivity index (χ4n) is 2.94. The summed E-state index contributed by atoms with van der Waals surface area (Å²) in [5.41, 5.74) is 2.37. The number of rotatable bonds is 9. The number of benzene rings is 1. The van der Waals surface area contributed by atoms with Gasteiger partial charge in [-0.05, 0) is 37.3 Å². The topological polar surface area (TPSA) is 72.2 Å². The molecule has 0 unspecified atom stereocenters. The van der Waals surface area contributed by atoms with Crippen LogP contribution in [0.2, 0.25) is 0 Å². The first-order valence-electron chi connectivity index (χ1n) is 9.65. The molecule has 0 aliphatic carbocycles. The van der Waals surface area contributed by atoms with E-state index in [-0.39, 0.29) is 12.3 Å². The van der Waals surface area contributed by atoms with Gasteiger partial charge in [0.15, 0.2) is 5.96 Å². The number of aliphatic imine (C=N–C) groups is 1. The third kappa shape index (κ3) is 5.82. The molecule has 1 aromatic carbocycles. The lowest BCUT2D eigenvalue weighted by atomic mass is 10.2. The summed E-state index contributed by atoms with van der Waals surface area (Å²) in [5.74, 6) is 1.20. The number of aromatic nitrogens is 2. The lowest BCUT2D eigenvalue weighted by molar-refractivity contribution is -0.0504. The Morgan fingerprint density at radius 3 is 2.83 bits per heavy atom. The summed E-state index contributed by atoms with van der Waals surface area (Å²) in [7, 11) is 1.51. The fourth-order valence-corrected chi connectivity index (χ4v) is 2.94. The molecular formula is C21H25F2N5O2. The van der Waals surface area contributed by atoms with Gasteiger partial charge in [-0.15, -0.1) is 0 Å². The maximum absolute atomic E-state index is 12.7. The van der Waals surface area contributed by atoms with E-state index in [1.807, 2.05) is 41.9 Å². The SMILES string of the molecule is CCNC(=NCc1cc(OC)ccc1OC(F)F)NCCc1cn2ccccc2n1. The standard InChI is InChI=1S/C21H25F2N5O2/c1-3-24-21(25-10-9-16-14-28-11-5-4-6-19(28)27-16)26-13-15-12-17(29-2)7-8-18(15)30-20(22)23/h4-8,11-12,14,20H,3,9-10,13H2,1-2H3,(H2,24,25,26). The van der Waals surface area contributed by atoms with Gasteiger partial charge < -0.3 is 24.5 Å². The van der Waals surface area contributed by atoms with Gasteiger partial charge in [-0.1, -0.05) is 6.07 Å². The van der Waals surface area contributed by atoms with Gasteiger partial charge in [0.05, 0.1) is 19.3 Å². The van der Waals surface area contributed by atoms with Gasteiger partial charge in [0.25, 0.3) is 0 Å². The minimum Gasteiger partial charge on any atom is -0.497 e. The normalized spacial score (nSPS) is 11.7. The first kappa shape index (κ1) is 21.4. The highest BCUT2D eigenvalue weighted by molar-refractivity contribution is 5.79. The molecule has 0 fully saturated rings. The predicted octanol–water partition coefficient (Wildman–Crippen LogP) is 3.24. The van der Waals surface area contributed by atoms with E-state index in [0.717, 1.165) is 11.3 Å². The molecule has 3 rings (SSSR count). The van der Waals surface area contributed by atoms with Crippen LogP contribution in [0.1, 0.15) is 18.2 Å². The van der Waals surface area contributed by atoms with Crippen LogP contribution >= 0.6 is 0 Å². The summed E-state index contributed by atoms with van der Waals surface area (Å²) in [4.78, 5) is 9.06. The van der Waals surface area contributed by atoms with Crippen molar-refractivity contribution in [2.75, 3.05) is 20.2 Å². The molecule has 2 aromatic heterocycles. The molecule has 0 spiro atoms. The van der Waals surface area contributed by atoms with Crippen molar-refractivity contribution in [1.29, 1.82) is 0 Å². The second kappa shape index (κ2) is 10.4. The van der Waals surface area contributed by atoms with Crippen LogP contribution in [0.25, 0.3) is 5.65 Å². The molecule has 0 atom stereocenters. The molecular weight excluding hydrogens is 392 g/mol. The summed E-state index contributed by atoms with van der Waals surface area (Å²) in [5, 5.41) is 6.39. The third-order valence-corrected chi connectivity index (χ3v) is 4.32. The quantitative estimate of drug-likeness (QED) is 0.413. The van der Waals surface area contributed by atoms with E-state index in [1.165, 1.54) is 13.2 Å². The molecule has 0 saturated carbocycles. The second-order valence-electron chi connectivity index (χ2n) is 6.42. The Morgan fingerprint density at radius 1 is 1.23 bits per heavy atom. The number of methoxy groups -OCH3 is 1. The summed E-state index contributed by atoms with van der Waals surface area (Å²) < 4.78 is 37.1. The van der Waals surface area contributed by atoms with E-state index in [0.29, 0.717) is 36.8 Å². The second-order valence-corrected chi connectivity index (χ2v) is 6.42. The smallest absolute Gasteiger partial charge is 0.387 e. The number of imidazole rings is 1. The van der Waals surface area contributed by atoms with Crippen molar-refractivity contribution in [1.82, 2.24) is 20.0 Å². The van der Waals surface area contributed by atoms with Gasteiger partial charge in [0, 0.05) is 37.5 Å². The van der Waals surface area contributed by atoms with Crippen molar-refractivity contribution >= 4 is 11.6 Å². The zero-order valence-electron chi connectivity index (χ0n) is 16.9. The maximum Gasteiger partial charge on any atom is 0.387 e. The highest BCUT2D eigenvalue weighted by atomic mass is 19.3. The van der Waals surface area contributed by atoms with Gasteiger partial charge in [0.1, 0.15) is 17.1 Å². The molecule has 0 saturated heterocycles. The average Bonchev–Trinajstić information content (AvgIpc) is 3.15. The Balaban J connectivity index is 1.65. The van der Waals surface area contributed by atoms with Crippen molar-refractivity contribution in [2.45, 2.75) is 26.5 Å². The van der Waals surface area contributed by atoms with Crippen molar-refractivity contribution in [2.24, 2.45) is 4.99 Å². The van der Waals surface area contributed by atoms with Gasteiger partial charge >= 0.3 is 6.61 Å². The van der Waals surface area contributed by atoms with E-state index in [4.69, 9.17) is 4.74 Å². The van der Waals surface area contributed by atoms with Crippen LogP contribution in [0.5, 0.6) is 11.5 Å². The van der Waals surface area contributed by atoms with E-state index in [9.17, 15) is 8.78 Å². The number of nitrogens with zero attached hydrogens (tertiary/aromatic N) is 3. The summed E-state index contributed by atoms with van der Waals surface area (Å²) >= 11 is 0. The van der Waals surface area contributed by atoms with Crippen molar-refractivity contribution in [3.05, 3.63) is 60.0 Å². The van der Waals surface area contributed by atoms with Crippen molar-refractivity contribution in [3.8, 4) is 11.5 Å². The number of nitrogens with one attached hydrogen (secondary N) is 2. The number of guanidine groups is 1. The largest absolute Gasteiger partial charge is 0.497 e. The number of hydrogen-bond acceptors (Lipinski definition) is 4. The predicted molar refractivity (Wildman–Crippen MR) is 111 cm³/mol. The van der Waals surface area contributed by atoms with Gasteiger partial charge in [-0.3, -0.25) is 0 Å². The van der Waals surface area contributed by atoms with Crippen LogP contribution in [-0.4, -0.2) is 42.2 Å². The highest BCUT2D eigenvalue weighted by Crippen LogP contribution is 2.26. The minimum atomic E-state index is -2.90. The Labute approximate surface area is 173 Å². The third-order valence-electron chi connectivity index (χ3n) is 4.32. The van der Waals surface area contributed by atoms with E-state index in [1.54, 1.807) is 12.1 Å². The molecule has 0 radical (unpaired) electrons. The molecule has 2 heterocycles. The maximum atomic E-state index is 12.7. The summed E-state index contributed by atoms with van der Waals surface area (Å²) in [6, 6.07) is 10.5. The molecule has 0 bridgehead atoms. The van der Waals surface area contributed by atoms with E-state index < -0.39 is 6.61 Å². The van der Waals surface area contributed by atoms with E-state index in [2.05, 4.69) is 25.3 Å². The van der Waals surface area contributed by atoms with Crippen LogP contribution in [-0.2, 0) is 13.0 Å². The molecule has 9 heteroatoms. The number of hydrogen-bond donors (Lipinski definition) is 2. The van der Waals surface area contributed by atoms with Crippen molar-refractivity contribution < 1.29 is 18.3 Å². The first-order chi connectivity index (χ1) is 14.6. The molecule has 3 aromatic rings. The molecule has 2 N–H and O–H groups in total. The Hall–Kier alpha value is -3.36. The molecule has 0 amide bonds. The van der Waals surface area contributed by atoms with Gasteiger partial charge in [-0.25, -0.2) is 9.98 Å². The lowest BCUT2D eigenvalue weighted by Gasteiger charge is -2.13. The number of halogens is 2. The number of pyridine rings is 1. The highest BCUT2D eigenvalue weighted by Gasteiger charge is 2.11. The van der Waals surface area contributed by atoms with Crippen LogP contribution in [0.4, 0.5) is 8.78 Å². The van der Waals surface area contributed by atoms with Crippen LogP contribution in [0.15, 0.2) is 53.8 Å². The zero-order valence-corrected chi connectivity index (χ0v) is 16.9. The van der Waals surface area contributed by atoms with Gasteiger partial charge in [-0.2, -0.15) is 8.78 Å². The summed E-state index contributed by atoms with van der Waals surface area (Å²) in [6.07, 6.45) is 4.66. The molecule has 0 aliphatic heterocycles. The first-order valence-corrected chi connectivity index (χ1v) is 9.65. The van der Waals surface area contributed by atoms with Crippen molar-refractivity contribution in [3.63, 3.8) is 0 Å². The fraction of sp³-hybridized carbons (Fsp3) is 0.333. The van der Waals surface area contributed by atoms with Crippen LogP contribution in [0.3, 0.4) is 0 Å². The van der Waals surface area contributed by atoms with Crippen LogP contribution < -0.4 is 20.1 Å². The Morgan fingerprint density at radius 2 is 2.10 bits per heavy atom. The minimum absolute atomic E-state index is 0.0788. The monoisotopic (exact) mass is 417 g/mol. The molecule has 7 nitrogen and oxygen atoms in total. The van der Waals surface area contributed by atoms with Gasteiger partial charge in [0.2, 0.25) is 0 Å². The Kier molecular flexibility index (Phi) is 7.42. The number of ether oxygens (including phenoxy) is 2. The lowest BCUT2D eigenvalue weighted by Crippen LogP contribution is -2.38. The zero-order chi connectivity index (χ0) is 21.3. The van der Waals surface area contributed by atoms with E-state index >= 15 is 0 Å². The average molecular weight is 417 g/mol.